The molecule has 0 aliphatic carbocycles. The van der Waals surface area contributed by atoms with Crippen LogP contribution in [0.25, 0.3) is 0 Å². The van der Waals surface area contributed by atoms with Gasteiger partial charge in [-0.3, -0.25) is 0 Å². The van der Waals surface area contributed by atoms with Gasteiger partial charge < -0.3 is 30.4 Å². The Morgan fingerprint density at radius 3 is 1.35 bits per heavy atom. The minimum atomic E-state index is -0.769. The minimum Gasteiger partial charge on any atom is -0.489 e. The lowest BCUT2D eigenvalue weighted by molar-refractivity contribution is 0.168. The van der Waals surface area contributed by atoms with Crippen LogP contribution in [0.1, 0.15) is 57.4 Å². The number of ether oxygens (including phenoxy) is 3. The van der Waals surface area contributed by atoms with Crippen molar-refractivity contribution in [1.82, 2.24) is 5.32 Å². The lowest BCUT2D eigenvalue weighted by Crippen LogP contribution is -2.36. The molecule has 57 heavy (non-hydrogen) atoms. The first-order valence-corrected chi connectivity index (χ1v) is 19.6. The van der Waals surface area contributed by atoms with Gasteiger partial charge in [-0.2, -0.15) is 0 Å². The minimum absolute atomic E-state index is 0.0286. The summed E-state index contributed by atoms with van der Waals surface area (Å²) >= 11 is 0. The summed E-state index contributed by atoms with van der Waals surface area (Å²) in [4.78, 5) is 0. The average Bonchev–Trinajstić information content (AvgIpc) is 3.27. The number of nitrogens with two attached hydrogens (primary N) is 1. The van der Waals surface area contributed by atoms with Crippen molar-refractivity contribution in [3.05, 3.63) is 227 Å². The maximum Gasteiger partial charge on any atom is 0.142 e. The second-order valence-electron chi connectivity index (χ2n) is 14.4. The molecule has 0 spiro atoms. The number of nitrogen functional groups attached to an aromatic ring is 1. The van der Waals surface area contributed by atoms with Gasteiger partial charge in [0.1, 0.15) is 37.1 Å². The van der Waals surface area contributed by atoms with E-state index in [0.717, 1.165) is 46.6 Å². The second kappa shape index (κ2) is 20.0. The Balaban J connectivity index is 1.08. The third kappa shape index (κ3) is 11.6. The van der Waals surface area contributed by atoms with Crippen molar-refractivity contribution in [3.63, 3.8) is 0 Å². The topological polar surface area (TPSA) is 86.0 Å². The number of rotatable bonds is 19. The molecule has 288 valence electrons. The zero-order valence-electron chi connectivity index (χ0n) is 32.1. The molecule has 0 fully saturated rings. The molecular formula is C51H50N2O4. The van der Waals surface area contributed by atoms with Gasteiger partial charge in [0.05, 0.1) is 11.8 Å². The Morgan fingerprint density at radius 2 is 0.895 bits per heavy atom. The van der Waals surface area contributed by atoms with Crippen molar-refractivity contribution in [2.75, 3.05) is 12.3 Å². The summed E-state index contributed by atoms with van der Waals surface area (Å²) in [6, 6.07) is 63.4. The van der Waals surface area contributed by atoms with Crippen LogP contribution in [-0.2, 0) is 26.2 Å². The normalized spacial score (nSPS) is 12.2. The van der Waals surface area contributed by atoms with Gasteiger partial charge in [-0.1, -0.05) is 152 Å². The smallest absolute Gasteiger partial charge is 0.142 e. The highest BCUT2D eigenvalue weighted by Gasteiger charge is 2.22. The van der Waals surface area contributed by atoms with Gasteiger partial charge in [-0.15, -0.1) is 0 Å². The highest BCUT2D eigenvalue weighted by molar-refractivity contribution is 5.54. The molecule has 7 aromatic carbocycles. The molecule has 6 heteroatoms. The summed E-state index contributed by atoms with van der Waals surface area (Å²) in [5.41, 5.74) is 14.5. The van der Waals surface area contributed by atoms with Gasteiger partial charge in [0.25, 0.3) is 0 Å². The molecule has 0 aromatic heterocycles. The molecule has 0 heterocycles. The van der Waals surface area contributed by atoms with E-state index in [0.29, 0.717) is 37.8 Å². The van der Waals surface area contributed by atoms with E-state index in [-0.39, 0.29) is 12.0 Å². The Kier molecular flexibility index (Phi) is 13.7. The third-order valence-corrected chi connectivity index (χ3v) is 10.2. The molecule has 0 radical (unpaired) electrons. The standard InChI is InChI=1S/C51H50N2O4/c52-49-32-44(25-30-51(49)57-37-41-19-11-4-12-20-41)50(54)34-53-45(31-38-13-5-1-6-14-38)33-48(42-21-26-46(27-22-42)55-35-39-15-7-2-8-16-39)43-23-28-47(29-24-43)56-36-40-17-9-3-10-18-40/h1-30,32,45,48,50,53-54H,31,33-37,52H2/t45?,50-/m0/s1. The molecule has 0 amide bonds. The number of hydrogen-bond donors (Lipinski definition) is 3. The maximum atomic E-state index is 11.5. The summed E-state index contributed by atoms with van der Waals surface area (Å²) in [6.45, 7) is 1.79. The number of hydrogen-bond acceptors (Lipinski definition) is 6. The number of nitrogens with one attached hydrogen (secondary N) is 1. The first-order chi connectivity index (χ1) is 28.1. The van der Waals surface area contributed by atoms with Gasteiger partial charge in [-0.25, -0.2) is 0 Å². The molecule has 0 aliphatic rings. The number of anilines is 1. The first kappa shape index (κ1) is 38.9. The summed E-state index contributed by atoms with van der Waals surface area (Å²) < 4.78 is 18.3. The van der Waals surface area contributed by atoms with Crippen LogP contribution in [0.2, 0.25) is 0 Å². The lowest BCUT2D eigenvalue weighted by atomic mass is 9.84. The van der Waals surface area contributed by atoms with Crippen molar-refractivity contribution >= 4 is 5.69 Å². The molecule has 0 saturated carbocycles. The molecule has 0 bridgehead atoms. The molecule has 2 atom stereocenters. The van der Waals surface area contributed by atoms with E-state index in [1.165, 1.54) is 16.7 Å². The zero-order valence-corrected chi connectivity index (χ0v) is 32.1. The van der Waals surface area contributed by atoms with Crippen LogP contribution >= 0.6 is 0 Å². The van der Waals surface area contributed by atoms with Crippen LogP contribution in [0.15, 0.2) is 188 Å². The first-order valence-electron chi connectivity index (χ1n) is 19.6. The molecule has 4 N–H and O–H groups in total. The average molecular weight is 755 g/mol. The number of aliphatic hydroxyl groups is 1. The Bertz CT molecular complexity index is 2130. The van der Waals surface area contributed by atoms with E-state index < -0.39 is 6.10 Å². The fourth-order valence-electron chi connectivity index (χ4n) is 7.00. The number of benzene rings is 7. The van der Waals surface area contributed by atoms with E-state index in [1.54, 1.807) is 0 Å². The molecule has 6 nitrogen and oxygen atoms in total. The van der Waals surface area contributed by atoms with Crippen LogP contribution in [-0.4, -0.2) is 17.7 Å². The van der Waals surface area contributed by atoms with Crippen molar-refractivity contribution in [2.45, 2.75) is 50.7 Å². The van der Waals surface area contributed by atoms with Crippen molar-refractivity contribution in [2.24, 2.45) is 0 Å². The fraction of sp³-hybridized carbons (Fsp3) is 0.176. The Hall–Kier alpha value is -6.34. The fourth-order valence-corrected chi connectivity index (χ4v) is 7.00. The molecule has 0 aliphatic heterocycles. The lowest BCUT2D eigenvalue weighted by Gasteiger charge is -2.27. The molecule has 0 saturated heterocycles. The van der Waals surface area contributed by atoms with Crippen LogP contribution in [0.4, 0.5) is 5.69 Å². The molecular weight excluding hydrogens is 705 g/mol. The van der Waals surface area contributed by atoms with Gasteiger partial charge in [-0.05, 0) is 88.2 Å². The van der Waals surface area contributed by atoms with Crippen LogP contribution in [0.5, 0.6) is 17.2 Å². The van der Waals surface area contributed by atoms with E-state index >= 15 is 0 Å². The molecule has 7 rings (SSSR count). The highest BCUT2D eigenvalue weighted by Crippen LogP contribution is 2.33. The number of aliphatic hydroxyl groups excluding tert-OH is 1. The van der Waals surface area contributed by atoms with Crippen molar-refractivity contribution < 1.29 is 19.3 Å². The Morgan fingerprint density at radius 1 is 0.474 bits per heavy atom. The predicted molar refractivity (Wildman–Crippen MR) is 229 cm³/mol. The maximum absolute atomic E-state index is 11.5. The highest BCUT2D eigenvalue weighted by atomic mass is 16.5. The van der Waals surface area contributed by atoms with Crippen molar-refractivity contribution in [1.29, 1.82) is 0 Å². The molecule has 1 unspecified atom stereocenters. The summed E-state index contributed by atoms with van der Waals surface area (Å²) in [6.07, 6.45) is 0.800. The van der Waals surface area contributed by atoms with E-state index in [2.05, 4.69) is 102 Å². The monoisotopic (exact) mass is 754 g/mol. The predicted octanol–water partition coefficient (Wildman–Crippen LogP) is 10.5. The molecule has 7 aromatic rings. The van der Waals surface area contributed by atoms with Crippen LogP contribution in [0, 0.1) is 0 Å². The zero-order chi connectivity index (χ0) is 39.1. The Labute approximate surface area is 336 Å². The van der Waals surface area contributed by atoms with Gasteiger partial charge >= 0.3 is 0 Å². The quantitative estimate of drug-likeness (QED) is 0.0713. The van der Waals surface area contributed by atoms with Crippen LogP contribution < -0.4 is 25.3 Å². The largest absolute Gasteiger partial charge is 0.489 e. The summed E-state index contributed by atoms with van der Waals surface area (Å²) in [5, 5.41) is 15.2. The van der Waals surface area contributed by atoms with Crippen molar-refractivity contribution in [3.8, 4) is 17.2 Å². The van der Waals surface area contributed by atoms with Gasteiger partial charge in [0, 0.05) is 18.5 Å². The van der Waals surface area contributed by atoms with E-state index in [9.17, 15) is 5.11 Å². The van der Waals surface area contributed by atoms with E-state index in [1.807, 2.05) is 91.0 Å². The SMILES string of the molecule is Nc1cc([C@@H](O)CNC(Cc2ccccc2)CC(c2ccc(OCc3ccccc3)cc2)c2ccc(OCc3ccccc3)cc2)ccc1OCc1ccccc1. The third-order valence-electron chi connectivity index (χ3n) is 10.2. The van der Waals surface area contributed by atoms with Gasteiger partial charge in [0.2, 0.25) is 0 Å². The summed E-state index contributed by atoms with van der Waals surface area (Å²) in [7, 11) is 0. The van der Waals surface area contributed by atoms with Crippen LogP contribution in [0.3, 0.4) is 0 Å². The second-order valence-corrected chi connectivity index (χ2v) is 14.4. The summed E-state index contributed by atoms with van der Waals surface area (Å²) in [5.74, 6) is 2.29. The van der Waals surface area contributed by atoms with Gasteiger partial charge in [0.15, 0.2) is 0 Å². The van der Waals surface area contributed by atoms with E-state index in [4.69, 9.17) is 19.9 Å².